The number of piperidine rings is 1. The molecule has 2 rings (SSSR count). The summed E-state index contributed by atoms with van der Waals surface area (Å²) in [6, 6.07) is 0.446. The van der Waals surface area contributed by atoms with Crippen molar-refractivity contribution in [3.8, 4) is 0 Å². The van der Waals surface area contributed by atoms with Gasteiger partial charge in [-0.05, 0) is 13.0 Å². The van der Waals surface area contributed by atoms with Crippen LogP contribution < -0.4 is 5.32 Å². The lowest BCUT2D eigenvalue weighted by Crippen LogP contribution is -2.41. The molecule has 2 heterocycles. The third-order valence-electron chi connectivity index (χ3n) is 2.06. The molecule has 1 saturated heterocycles. The normalized spacial score (nSPS) is 38.3. The smallest absolute Gasteiger partial charge is 0.180 e. The van der Waals surface area contributed by atoms with E-state index in [-0.39, 0.29) is 0 Å². The summed E-state index contributed by atoms with van der Waals surface area (Å²) in [5.74, 6) is 0.860. The van der Waals surface area contributed by atoms with Gasteiger partial charge in [-0.15, -0.1) is 0 Å². The lowest BCUT2D eigenvalue weighted by atomic mass is 10.1. The molecule has 1 fully saturated rings. The monoisotopic (exact) mass is 140 g/mol. The zero-order valence-electron chi connectivity index (χ0n) is 6.13. The van der Waals surface area contributed by atoms with E-state index in [1.165, 1.54) is 0 Å². The van der Waals surface area contributed by atoms with Crippen LogP contribution in [0.1, 0.15) is 13.3 Å². The van der Waals surface area contributed by atoms with E-state index in [1.54, 1.807) is 0 Å². The van der Waals surface area contributed by atoms with Crippen LogP contribution in [0.2, 0.25) is 0 Å². The first-order valence-corrected chi connectivity index (χ1v) is 3.78. The zero-order valence-corrected chi connectivity index (χ0v) is 6.13. The number of hydrogen-bond acceptors (Lipinski definition) is 3. The molecule has 0 aromatic rings. The summed E-state index contributed by atoms with van der Waals surface area (Å²) in [6.45, 7) is 3.98. The van der Waals surface area contributed by atoms with Gasteiger partial charge in [0, 0.05) is 13.5 Å². The van der Waals surface area contributed by atoms with Gasteiger partial charge in [0.15, 0.2) is 5.90 Å². The fraction of sp³-hybridized carbons (Fsp3) is 0.857. The molecule has 10 heavy (non-hydrogen) atoms. The van der Waals surface area contributed by atoms with E-state index in [0.29, 0.717) is 12.1 Å². The maximum Gasteiger partial charge on any atom is 0.180 e. The molecule has 0 spiro atoms. The molecule has 0 bridgehead atoms. The molecule has 2 aliphatic heterocycles. The van der Waals surface area contributed by atoms with E-state index in [0.717, 1.165) is 25.4 Å². The molecule has 0 aliphatic carbocycles. The van der Waals surface area contributed by atoms with Gasteiger partial charge in [0.2, 0.25) is 0 Å². The van der Waals surface area contributed by atoms with Crippen LogP contribution in [0.5, 0.6) is 0 Å². The molecular weight excluding hydrogens is 128 g/mol. The number of rotatable bonds is 0. The number of fused-ring (bicyclic) bond motifs is 1. The third-order valence-corrected chi connectivity index (χ3v) is 2.06. The largest absolute Gasteiger partial charge is 0.474 e. The van der Waals surface area contributed by atoms with Gasteiger partial charge in [-0.3, -0.25) is 0 Å². The highest BCUT2D eigenvalue weighted by molar-refractivity contribution is 5.75. The second-order valence-corrected chi connectivity index (χ2v) is 2.86. The summed E-state index contributed by atoms with van der Waals surface area (Å²) in [5.41, 5.74) is 0. The van der Waals surface area contributed by atoms with E-state index in [9.17, 15) is 0 Å². The molecule has 56 valence electrons. The standard InChI is InChI=1S/C7H12N2O/c1-5-9-6-2-3-8-4-7(6)10-5/h6-8H,2-4H2,1H3. The minimum Gasteiger partial charge on any atom is -0.474 e. The summed E-state index contributed by atoms with van der Waals surface area (Å²) >= 11 is 0. The molecule has 3 nitrogen and oxygen atoms in total. The van der Waals surface area contributed by atoms with E-state index >= 15 is 0 Å². The highest BCUT2D eigenvalue weighted by atomic mass is 16.5. The van der Waals surface area contributed by atoms with Crippen LogP contribution in [-0.4, -0.2) is 31.1 Å². The van der Waals surface area contributed by atoms with E-state index < -0.39 is 0 Å². The molecule has 2 unspecified atom stereocenters. The fourth-order valence-corrected chi connectivity index (χ4v) is 1.57. The quantitative estimate of drug-likeness (QED) is 0.520. The van der Waals surface area contributed by atoms with Gasteiger partial charge in [-0.1, -0.05) is 0 Å². The van der Waals surface area contributed by atoms with Gasteiger partial charge < -0.3 is 10.1 Å². The topological polar surface area (TPSA) is 33.6 Å². The summed E-state index contributed by atoms with van der Waals surface area (Å²) in [6.07, 6.45) is 1.45. The van der Waals surface area contributed by atoms with Gasteiger partial charge in [-0.2, -0.15) is 0 Å². The first-order valence-electron chi connectivity index (χ1n) is 3.78. The van der Waals surface area contributed by atoms with Gasteiger partial charge in [0.05, 0.1) is 6.04 Å². The maximum atomic E-state index is 5.45. The van der Waals surface area contributed by atoms with Gasteiger partial charge in [-0.25, -0.2) is 4.99 Å². The van der Waals surface area contributed by atoms with E-state index in [1.807, 2.05) is 6.92 Å². The predicted octanol–water partition coefficient (Wildman–Crippen LogP) is 0.166. The van der Waals surface area contributed by atoms with Crippen molar-refractivity contribution in [2.75, 3.05) is 13.1 Å². The molecular formula is C7H12N2O. The van der Waals surface area contributed by atoms with Gasteiger partial charge in [0.25, 0.3) is 0 Å². The minimum absolute atomic E-state index is 0.328. The Labute approximate surface area is 60.5 Å². The van der Waals surface area contributed by atoms with Crippen LogP contribution in [0.15, 0.2) is 4.99 Å². The zero-order chi connectivity index (χ0) is 6.97. The highest BCUT2D eigenvalue weighted by Gasteiger charge is 2.30. The number of hydrogen-bond donors (Lipinski definition) is 1. The highest BCUT2D eigenvalue weighted by Crippen LogP contribution is 2.18. The van der Waals surface area contributed by atoms with Gasteiger partial charge in [0.1, 0.15) is 6.10 Å². The van der Waals surface area contributed by atoms with Crippen molar-refractivity contribution in [2.24, 2.45) is 4.99 Å². The van der Waals surface area contributed by atoms with Crippen molar-refractivity contribution in [3.05, 3.63) is 0 Å². The summed E-state index contributed by atoms with van der Waals surface area (Å²) in [7, 11) is 0. The number of nitrogens with one attached hydrogen (secondary N) is 1. The summed E-state index contributed by atoms with van der Waals surface area (Å²) < 4.78 is 5.45. The number of nitrogens with zero attached hydrogens (tertiary/aromatic N) is 1. The lowest BCUT2D eigenvalue weighted by Gasteiger charge is -2.22. The average Bonchev–Trinajstić information content (AvgIpc) is 2.27. The average molecular weight is 140 g/mol. The van der Waals surface area contributed by atoms with Crippen molar-refractivity contribution in [2.45, 2.75) is 25.5 Å². The molecule has 0 aromatic heterocycles. The van der Waals surface area contributed by atoms with Crippen molar-refractivity contribution < 1.29 is 4.74 Å². The third kappa shape index (κ3) is 0.904. The Hall–Kier alpha value is -0.570. The predicted molar refractivity (Wildman–Crippen MR) is 39.3 cm³/mol. The van der Waals surface area contributed by atoms with Crippen molar-refractivity contribution >= 4 is 5.90 Å². The molecule has 0 radical (unpaired) electrons. The van der Waals surface area contributed by atoms with Crippen LogP contribution in [-0.2, 0) is 4.74 Å². The summed E-state index contributed by atoms with van der Waals surface area (Å²) in [5, 5.41) is 3.28. The van der Waals surface area contributed by atoms with Gasteiger partial charge >= 0.3 is 0 Å². The molecule has 0 saturated carbocycles. The van der Waals surface area contributed by atoms with E-state index in [4.69, 9.17) is 4.74 Å². The first-order chi connectivity index (χ1) is 4.86. The Bertz CT molecular complexity index is 167. The SMILES string of the molecule is CC1=NC2CCNCC2O1. The first kappa shape index (κ1) is 6.16. The van der Waals surface area contributed by atoms with Crippen LogP contribution >= 0.6 is 0 Å². The molecule has 0 aromatic carbocycles. The Morgan fingerprint density at radius 3 is 3.40 bits per heavy atom. The summed E-state index contributed by atoms with van der Waals surface area (Å²) in [4.78, 5) is 4.36. The molecule has 3 heteroatoms. The Morgan fingerprint density at radius 1 is 1.70 bits per heavy atom. The lowest BCUT2D eigenvalue weighted by molar-refractivity contribution is 0.164. The Morgan fingerprint density at radius 2 is 2.60 bits per heavy atom. The molecule has 1 N–H and O–H groups in total. The van der Waals surface area contributed by atoms with Crippen molar-refractivity contribution in [1.82, 2.24) is 5.32 Å². The Kier molecular flexibility index (Phi) is 1.38. The second kappa shape index (κ2) is 2.23. The van der Waals surface area contributed by atoms with Crippen molar-refractivity contribution in [3.63, 3.8) is 0 Å². The van der Waals surface area contributed by atoms with Crippen LogP contribution in [0.4, 0.5) is 0 Å². The number of ether oxygens (including phenoxy) is 1. The fourth-order valence-electron chi connectivity index (χ4n) is 1.57. The molecule has 0 amide bonds. The maximum absolute atomic E-state index is 5.45. The second-order valence-electron chi connectivity index (χ2n) is 2.86. The Balaban J connectivity index is 2.06. The number of aliphatic imine (C=N–C) groups is 1. The van der Waals surface area contributed by atoms with Crippen LogP contribution in [0.25, 0.3) is 0 Å². The molecule has 2 atom stereocenters. The van der Waals surface area contributed by atoms with Crippen molar-refractivity contribution in [1.29, 1.82) is 0 Å². The minimum atomic E-state index is 0.328. The van der Waals surface area contributed by atoms with Crippen LogP contribution in [0, 0.1) is 0 Å². The van der Waals surface area contributed by atoms with Crippen LogP contribution in [0.3, 0.4) is 0 Å². The molecule has 2 aliphatic rings. The van der Waals surface area contributed by atoms with E-state index in [2.05, 4.69) is 10.3 Å².